The summed E-state index contributed by atoms with van der Waals surface area (Å²) in [6, 6.07) is 7.60. The van der Waals surface area contributed by atoms with Crippen molar-refractivity contribution in [1.82, 2.24) is 5.32 Å². The number of carbonyl (C=O) groups is 1. The zero-order valence-electron chi connectivity index (χ0n) is 11.2. The van der Waals surface area contributed by atoms with E-state index in [1.165, 1.54) is 0 Å². The van der Waals surface area contributed by atoms with Crippen molar-refractivity contribution >= 4 is 11.6 Å². The van der Waals surface area contributed by atoms with Crippen molar-refractivity contribution in [3.05, 3.63) is 53.5 Å². The molecule has 19 heavy (non-hydrogen) atoms. The minimum absolute atomic E-state index is 0.0860. The number of hydrogen-bond acceptors (Lipinski definition) is 3. The van der Waals surface area contributed by atoms with Crippen LogP contribution in [0.3, 0.4) is 0 Å². The molecule has 2 N–H and O–H groups in total. The second-order valence-electron chi connectivity index (χ2n) is 4.39. The lowest BCUT2D eigenvalue weighted by molar-refractivity contribution is 0.0951. The molecule has 0 aliphatic rings. The molecule has 1 aromatic carbocycles. The van der Waals surface area contributed by atoms with Crippen LogP contribution in [0.15, 0.2) is 41.2 Å². The van der Waals surface area contributed by atoms with E-state index in [9.17, 15) is 4.79 Å². The van der Waals surface area contributed by atoms with Crippen LogP contribution in [0, 0.1) is 6.92 Å². The Kier molecular flexibility index (Phi) is 4.23. The molecule has 0 fully saturated rings. The first-order valence-electron chi connectivity index (χ1n) is 6.34. The van der Waals surface area contributed by atoms with Crippen molar-refractivity contribution in [3.8, 4) is 0 Å². The van der Waals surface area contributed by atoms with Gasteiger partial charge < -0.3 is 15.1 Å². The number of furan rings is 1. The highest BCUT2D eigenvalue weighted by molar-refractivity contribution is 5.99. The first-order valence-corrected chi connectivity index (χ1v) is 6.34. The minimum Gasteiger partial charge on any atom is -0.472 e. The normalized spacial score (nSPS) is 10.2. The van der Waals surface area contributed by atoms with Crippen LogP contribution in [0.25, 0.3) is 0 Å². The molecule has 0 saturated heterocycles. The molecule has 4 nitrogen and oxygen atoms in total. The zero-order valence-corrected chi connectivity index (χ0v) is 11.2. The van der Waals surface area contributed by atoms with Gasteiger partial charge in [-0.05, 0) is 37.6 Å². The molecular formula is C15H18N2O2. The van der Waals surface area contributed by atoms with Crippen LogP contribution in [-0.2, 0) is 6.54 Å². The fourth-order valence-electron chi connectivity index (χ4n) is 1.86. The zero-order chi connectivity index (χ0) is 13.7. The van der Waals surface area contributed by atoms with Crippen LogP contribution < -0.4 is 10.6 Å². The molecule has 0 atom stereocenters. The molecule has 0 aliphatic heterocycles. The first-order chi connectivity index (χ1) is 9.20. The van der Waals surface area contributed by atoms with E-state index < -0.39 is 0 Å². The number of rotatable bonds is 5. The first kappa shape index (κ1) is 13.2. The number of anilines is 1. The summed E-state index contributed by atoms with van der Waals surface area (Å²) >= 11 is 0. The van der Waals surface area contributed by atoms with Crippen LogP contribution in [0.1, 0.15) is 28.4 Å². The fourth-order valence-corrected chi connectivity index (χ4v) is 1.86. The lowest BCUT2D eigenvalue weighted by Crippen LogP contribution is -2.23. The van der Waals surface area contributed by atoms with Crippen molar-refractivity contribution in [1.29, 1.82) is 0 Å². The van der Waals surface area contributed by atoms with Gasteiger partial charge in [-0.2, -0.15) is 0 Å². The Hall–Kier alpha value is -2.23. The van der Waals surface area contributed by atoms with Gasteiger partial charge in [0.1, 0.15) is 0 Å². The quantitative estimate of drug-likeness (QED) is 0.867. The van der Waals surface area contributed by atoms with E-state index in [1.807, 2.05) is 38.1 Å². The van der Waals surface area contributed by atoms with Crippen molar-refractivity contribution < 1.29 is 9.21 Å². The average Bonchev–Trinajstić information content (AvgIpc) is 2.90. The summed E-state index contributed by atoms with van der Waals surface area (Å²) in [5.41, 5.74) is 3.61. The minimum atomic E-state index is -0.0860. The highest BCUT2D eigenvalue weighted by Crippen LogP contribution is 2.17. The Morgan fingerprint density at radius 3 is 2.84 bits per heavy atom. The van der Waals surface area contributed by atoms with Gasteiger partial charge in [0.15, 0.2) is 0 Å². The van der Waals surface area contributed by atoms with Gasteiger partial charge >= 0.3 is 0 Å². The number of carbonyl (C=O) groups excluding carboxylic acids is 1. The molecule has 4 heteroatoms. The molecule has 100 valence electrons. The highest BCUT2D eigenvalue weighted by Gasteiger charge is 2.11. The monoisotopic (exact) mass is 258 g/mol. The van der Waals surface area contributed by atoms with Gasteiger partial charge in [-0.25, -0.2) is 0 Å². The van der Waals surface area contributed by atoms with Crippen LogP contribution in [0.4, 0.5) is 5.69 Å². The van der Waals surface area contributed by atoms with Crippen LogP contribution >= 0.6 is 0 Å². The van der Waals surface area contributed by atoms with Gasteiger partial charge in [0.25, 0.3) is 5.91 Å². The third kappa shape index (κ3) is 3.37. The molecule has 0 saturated carbocycles. The maximum absolute atomic E-state index is 12.2. The van der Waals surface area contributed by atoms with E-state index in [-0.39, 0.29) is 5.91 Å². The van der Waals surface area contributed by atoms with Gasteiger partial charge in [0, 0.05) is 24.3 Å². The molecule has 2 aromatic rings. The fraction of sp³-hybridized carbons (Fsp3) is 0.267. The maximum Gasteiger partial charge on any atom is 0.253 e. The number of amides is 1. The van der Waals surface area contributed by atoms with Gasteiger partial charge in [-0.3, -0.25) is 4.79 Å². The van der Waals surface area contributed by atoms with E-state index in [4.69, 9.17) is 4.42 Å². The average molecular weight is 258 g/mol. The van der Waals surface area contributed by atoms with Crippen LogP contribution in [-0.4, -0.2) is 12.5 Å². The van der Waals surface area contributed by atoms with E-state index in [2.05, 4.69) is 10.6 Å². The third-order valence-electron chi connectivity index (χ3n) is 2.82. The van der Waals surface area contributed by atoms with Crippen LogP contribution in [0.5, 0.6) is 0 Å². The number of nitrogens with one attached hydrogen (secondary N) is 2. The number of benzene rings is 1. The molecule has 2 rings (SSSR count). The van der Waals surface area contributed by atoms with Crippen molar-refractivity contribution in [3.63, 3.8) is 0 Å². The Balaban J connectivity index is 2.09. The molecule has 0 aliphatic carbocycles. The largest absolute Gasteiger partial charge is 0.472 e. The van der Waals surface area contributed by atoms with Gasteiger partial charge in [-0.1, -0.05) is 6.07 Å². The van der Waals surface area contributed by atoms with E-state index in [1.54, 1.807) is 12.5 Å². The van der Waals surface area contributed by atoms with Gasteiger partial charge in [0.05, 0.1) is 18.1 Å². The SMILES string of the molecule is CCNc1cc(C)ccc1C(=O)NCc1ccoc1. The maximum atomic E-state index is 12.2. The van der Waals surface area contributed by atoms with E-state index in [0.717, 1.165) is 23.4 Å². The summed E-state index contributed by atoms with van der Waals surface area (Å²) in [5, 5.41) is 6.09. The summed E-state index contributed by atoms with van der Waals surface area (Å²) in [6.45, 7) is 5.27. The molecular weight excluding hydrogens is 240 g/mol. The summed E-state index contributed by atoms with van der Waals surface area (Å²) in [5.74, 6) is -0.0860. The lowest BCUT2D eigenvalue weighted by Gasteiger charge is -2.11. The number of aryl methyl sites for hydroxylation is 1. The van der Waals surface area contributed by atoms with E-state index >= 15 is 0 Å². The van der Waals surface area contributed by atoms with Crippen molar-refractivity contribution in [2.24, 2.45) is 0 Å². The summed E-state index contributed by atoms with van der Waals surface area (Å²) in [4.78, 5) is 12.2. The Labute approximate surface area is 112 Å². The molecule has 1 heterocycles. The smallest absolute Gasteiger partial charge is 0.253 e. The Morgan fingerprint density at radius 1 is 1.32 bits per heavy atom. The summed E-state index contributed by atoms with van der Waals surface area (Å²) < 4.78 is 4.97. The van der Waals surface area contributed by atoms with E-state index in [0.29, 0.717) is 12.1 Å². The molecule has 1 aromatic heterocycles. The molecule has 0 spiro atoms. The topological polar surface area (TPSA) is 54.3 Å². The number of hydrogen-bond donors (Lipinski definition) is 2. The second kappa shape index (κ2) is 6.09. The molecule has 0 unspecified atom stereocenters. The summed E-state index contributed by atoms with van der Waals surface area (Å²) in [7, 11) is 0. The molecule has 0 radical (unpaired) electrons. The summed E-state index contributed by atoms with van der Waals surface area (Å²) in [6.07, 6.45) is 3.22. The van der Waals surface area contributed by atoms with Gasteiger partial charge in [-0.15, -0.1) is 0 Å². The Bertz CT molecular complexity index is 547. The molecule has 1 amide bonds. The van der Waals surface area contributed by atoms with Crippen LogP contribution in [0.2, 0.25) is 0 Å². The predicted octanol–water partition coefficient (Wildman–Crippen LogP) is 2.95. The third-order valence-corrected chi connectivity index (χ3v) is 2.82. The highest BCUT2D eigenvalue weighted by atomic mass is 16.3. The second-order valence-corrected chi connectivity index (χ2v) is 4.39. The predicted molar refractivity (Wildman–Crippen MR) is 75.2 cm³/mol. The standard InChI is InChI=1S/C15H18N2O2/c1-3-16-14-8-11(2)4-5-13(14)15(18)17-9-12-6-7-19-10-12/h4-8,10,16H,3,9H2,1-2H3,(H,17,18). The Morgan fingerprint density at radius 2 is 2.16 bits per heavy atom. The lowest BCUT2D eigenvalue weighted by atomic mass is 10.1. The van der Waals surface area contributed by atoms with Crippen molar-refractivity contribution in [2.45, 2.75) is 20.4 Å². The van der Waals surface area contributed by atoms with Gasteiger partial charge in [0.2, 0.25) is 0 Å². The molecule has 0 bridgehead atoms. The van der Waals surface area contributed by atoms with Crippen molar-refractivity contribution in [2.75, 3.05) is 11.9 Å².